The van der Waals surface area contributed by atoms with Crippen LogP contribution in [0.25, 0.3) is 11.3 Å². The second-order valence-electron chi connectivity index (χ2n) is 4.52. The first-order valence-electron chi connectivity index (χ1n) is 6.46. The monoisotopic (exact) mass is 295 g/mol. The third-order valence-corrected chi connectivity index (χ3v) is 3.77. The molecule has 0 spiro atoms. The lowest BCUT2D eigenvalue weighted by Gasteiger charge is -2.05. The van der Waals surface area contributed by atoms with Crippen LogP contribution in [0.15, 0.2) is 54.2 Å². The minimum Gasteiger partial charge on any atom is -0.322 e. The Balaban J connectivity index is 1.74. The first-order chi connectivity index (χ1) is 10.2. The first kappa shape index (κ1) is 13.5. The zero-order chi connectivity index (χ0) is 14.7. The maximum absolute atomic E-state index is 12.0. The maximum Gasteiger partial charge on any atom is 0.255 e. The van der Waals surface area contributed by atoms with Crippen LogP contribution < -0.4 is 5.32 Å². The van der Waals surface area contributed by atoms with Gasteiger partial charge < -0.3 is 5.32 Å². The summed E-state index contributed by atoms with van der Waals surface area (Å²) in [6.45, 7) is 1.98. The minimum atomic E-state index is -0.144. The number of carbonyl (C=O) groups is 1. The molecule has 0 atom stereocenters. The van der Waals surface area contributed by atoms with Crippen molar-refractivity contribution in [1.29, 1.82) is 0 Å². The van der Waals surface area contributed by atoms with Gasteiger partial charge in [0.15, 0.2) is 0 Å². The molecule has 0 aliphatic rings. The Morgan fingerprint density at radius 3 is 2.43 bits per heavy atom. The van der Waals surface area contributed by atoms with Crippen LogP contribution in [0.4, 0.5) is 5.69 Å². The van der Waals surface area contributed by atoms with Crippen LogP contribution in [0, 0.1) is 6.92 Å². The zero-order valence-electron chi connectivity index (χ0n) is 11.4. The highest BCUT2D eigenvalue weighted by atomic mass is 32.1. The number of benzene rings is 1. The number of anilines is 1. The van der Waals surface area contributed by atoms with Gasteiger partial charge >= 0.3 is 0 Å². The highest BCUT2D eigenvalue weighted by molar-refractivity contribution is 7.09. The van der Waals surface area contributed by atoms with Gasteiger partial charge in [0.25, 0.3) is 5.91 Å². The number of carbonyl (C=O) groups excluding carboxylic acids is 1. The molecule has 2 heterocycles. The Morgan fingerprint density at radius 2 is 1.81 bits per heavy atom. The van der Waals surface area contributed by atoms with E-state index in [1.165, 1.54) is 0 Å². The fourth-order valence-electron chi connectivity index (χ4n) is 1.93. The van der Waals surface area contributed by atoms with E-state index >= 15 is 0 Å². The molecule has 2 aromatic heterocycles. The Kier molecular flexibility index (Phi) is 3.75. The van der Waals surface area contributed by atoms with Gasteiger partial charge in [-0.2, -0.15) is 0 Å². The molecular weight excluding hydrogens is 282 g/mol. The molecule has 0 unspecified atom stereocenters. The van der Waals surface area contributed by atoms with Gasteiger partial charge in [0, 0.05) is 34.6 Å². The van der Waals surface area contributed by atoms with Crippen LogP contribution in [-0.2, 0) is 0 Å². The third-order valence-electron chi connectivity index (χ3n) is 3.00. The molecule has 0 saturated heterocycles. The Morgan fingerprint density at radius 1 is 1.10 bits per heavy atom. The molecule has 1 amide bonds. The molecule has 0 bridgehead atoms. The summed E-state index contributed by atoms with van der Waals surface area (Å²) in [6.07, 6.45) is 3.20. The number of hydrogen-bond acceptors (Lipinski definition) is 4. The van der Waals surface area contributed by atoms with E-state index in [9.17, 15) is 4.79 Å². The number of rotatable bonds is 3. The normalized spacial score (nSPS) is 10.3. The van der Waals surface area contributed by atoms with Crippen LogP contribution >= 0.6 is 11.3 Å². The molecule has 1 aromatic carbocycles. The molecule has 0 fully saturated rings. The first-order valence-corrected chi connectivity index (χ1v) is 7.34. The highest BCUT2D eigenvalue weighted by Gasteiger charge is 2.06. The lowest BCUT2D eigenvalue weighted by Crippen LogP contribution is -2.11. The van der Waals surface area contributed by atoms with E-state index < -0.39 is 0 Å². The molecule has 0 aliphatic carbocycles. The molecule has 0 saturated carbocycles. The average molecular weight is 295 g/mol. The van der Waals surface area contributed by atoms with Crippen molar-refractivity contribution in [2.24, 2.45) is 0 Å². The molecule has 1 N–H and O–H groups in total. The topological polar surface area (TPSA) is 54.9 Å². The number of hydrogen-bond donors (Lipinski definition) is 1. The molecule has 0 radical (unpaired) electrons. The van der Waals surface area contributed by atoms with Crippen molar-refractivity contribution in [3.63, 3.8) is 0 Å². The predicted octanol–water partition coefficient (Wildman–Crippen LogP) is 3.77. The number of amides is 1. The molecule has 5 heteroatoms. The van der Waals surface area contributed by atoms with Gasteiger partial charge in [0.1, 0.15) is 0 Å². The minimum absolute atomic E-state index is 0.144. The van der Waals surface area contributed by atoms with Gasteiger partial charge in [-0.05, 0) is 31.2 Å². The van der Waals surface area contributed by atoms with Crippen LogP contribution in [0.2, 0.25) is 0 Å². The van der Waals surface area contributed by atoms with Crippen LogP contribution in [0.3, 0.4) is 0 Å². The maximum atomic E-state index is 12.0. The van der Waals surface area contributed by atoms with E-state index in [0.717, 1.165) is 22.0 Å². The van der Waals surface area contributed by atoms with E-state index in [2.05, 4.69) is 15.3 Å². The fraction of sp³-hybridized carbons (Fsp3) is 0.0625. The number of nitrogens with one attached hydrogen (secondary N) is 1. The van der Waals surface area contributed by atoms with Crippen molar-refractivity contribution in [1.82, 2.24) is 9.97 Å². The summed E-state index contributed by atoms with van der Waals surface area (Å²) in [7, 11) is 0. The lowest BCUT2D eigenvalue weighted by atomic mass is 10.1. The third kappa shape index (κ3) is 3.14. The van der Waals surface area contributed by atoms with Crippen LogP contribution in [0.5, 0.6) is 0 Å². The Labute approximate surface area is 126 Å². The number of thiazole rings is 1. The van der Waals surface area contributed by atoms with Crippen molar-refractivity contribution in [3.05, 3.63) is 64.7 Å². The van der Waals surface area contributed by atoms with Crippen molar-refractivity contribution >= 4 is 22.9 Å². The Bertz CT molecular complexity index is 751. The van der Waals surface area contributed by atoms with Crippen molar-refractivity contribution in [2.45, 2.75) is 6.92 Å². The summed E-state index contributed by atoms with van der Waals surface area (Å²) >= 11 is 1.62. The molecule has 104 valence electrons. The SMILES string of the molecule is Cc1nc(-c2ccc(NC(=O)c3ccncc3)cc2)cs1. The van der Waals surface area contributed by atoms with E-state index in [0.29, 0.717) is 5.56 Å². The highest BCUT2D eigenvalue weighted by Crippen LogP contribution is 2.23. The van der Waals surface area contributed by atoms with Crippen molar-refractivity contribution in [3.8, 4) is 11.3 Å². The zero-order valence-corrected chi connectivity index (χ0v) is 12.2. The van der Waals surface area contributed by atoms with Crippen LogP contribution in [-0.4, -0.2) is 15.9 Å². The Hall–Kier alpha value is -2.53. The van der Waals surface area contributed by atoms with E-state index in [-0.39, 0.29) is 5.91 Å². The quantitative estimate of drug-likeness (QED) is 0.800. The standard InChI is InChI=1S/C16H13N3OS/c1-11-18-15(10-21-11)12-2-4-14(5-3-12)19-16(20)13-6-8-17-9-7-13/h2-10H,1H3,(H,19,20). The summed E-state index contributed by atoms with van der Waals surface area (Å²) in [5.41, 5.74) is 3.35. The van der Waals surface area contributed by atoms with Crippen molar-refractivity contribution in [2.75, 3.05) is 5.32 Å². The number of aromatic nitrogens is 2. The van der Waals surface area contributed by atoms with E-state index in [1.807, 2.05) is 36.6 Å². The average Bonchev–Trinajstić information content (AvgIpc) is 2.95. The van der Waals surface area contributed by atoms with Crippen LogP contribution in [0.1, 0.15) is 15.4 Å². The second-order valence-corrected chi connectivity index (χ2v) is 5.58. The molecule has 0 aliphatic heterocycles. The second kappa shape index (κ2) is 5.85. The van der Waals surface area contributed by atoms with Gasteiger partial charge in [-0.3, -0.25) is 9.78 Å². The summed E-state index contributed by atoms with van der Waals surface area (Å²) in [4.78, 5) is 20.4. The van der Waals surface area contributed by atoms with Gasteiger partial charge in [-0.15, -0.1) is 11.3 Å². The largest absolute Gasteiger partial charge is 0.322 e. The summed E-state index contributed by atoms with van der Waals surface area (Å²) < 4.78 is 0. The number of pyridine rings is 1. The molecular formula is C16H13N3OS. The smallest absolute Gasteiger partial charge is 0.255 e. The number of aryl methyl sites for hydroxylation is 1. The molecule has 3 rings (SSSR count). The van der Waals surface area contributed by atoms with E-state index in [4.69, 9.17) is 0 Å². The fourth-order valence-corrected chi connectivity index (χ4v) is 2.55. The van der Waals surface area contributed by atoms with Gasteiger partial charge in [-0.1, -0.05) is 12.1 Å². The van der Waals surface area contributed by atoms with Gasteiger partial charge in [0.2, 0.25) is 0 Å². The van der Waals surface area contributed by atoms with E-state index in [1.54, 1.807) is 35.9 Å². The molecule has 3 aromatic rings. The summed E-state index contributed by atoms with van der Waals surface area (Å²) in [5, 5.41) is 5.93. The molecule has 4 nitrogen and oxygen atoms in total. The lowest BCUT2D eigenvalue weighted by molar-refractivity contribution is 0.102. The number of nitrogens with zero attached hydrogens (tertiary/aromatic N) is 2. The summed E-state index contributed by atoms with van der Waals surface area (Å²) in [5.74, 6) is -0.144. The summed E-state index contributed by atoms with van der Waals surface area (Å²) in [6, 6.07) is 11.0. The van der Waals surface area contributed by atoms with Gasteiger partial charge in [-0.25, -0.2) is 4.98 Å². The molecule has 21 heavy (non-hydrogen) atoms. The van der Waals surface area contributed by atoms with Gasteiger partial charge in [0.05, 0.1) is 10.7 Å². The predicted molar refractivity (Wildman–Crippen MR) is 84.5 cm³/mol. The van der Waals surface area contributed by atoms with Crippen molar-refractivity contribution < 1.29 is 4.79 Å².